The first-order chi connectivity index (χ1) is 11.8. The highest BCUT2D eigenvalue weighted by molar-refractivity contribution is 6.07. The van der Waals surface area contributed by atoms with Crippen molar-refractivity contribution in [1.82, 2.24) is 0 Å². The van der Waals surface area contributed by atoms with Gasteiger partial charge in [-0.1, -0.05) is 92.4 Å². The number of hydrogen-bond donors (Lipinski definition) is 0. The van der Waals surface area contributed by atoms with Crippen LogP contribution in [0.2, 0.25) is 0 Å². The van der Waals surface area contributed by atoms with Crippen LogP contribution in [-0.4, -0.2) is 0 Å². The van der Waals surface area contributed by atoms with Gasteiger partial charge in [-0.25, -0.2) is 0 Å². The van der Waals surface area contributed by atoms with Crippen LogP contribution in [0.3, 0.4) is 0 Å². The number of fused-ring (bicyclic) bond motifs is 1. The molecule has 4 aromatic carbocycles. The quantitative estimate of drug-likeness (QED) is 0.360. The molecule has 0 saturated heterocycles. The fourth-order valence-corrected chi connectivity index (χ4v) is 3.61. The van der Waals surface area contributed by atoms with E-state index < -0.39 is 0 Å². The van der Waals surface area contributed by atoms with Crippen LogP contribution in [0.4, 0.5) is 0 Å². The molecule has 0 radical (unpaired) electrons. The zero-order valence-electron chi connectivity index (χ0n) is 14.1. The smallest absolute Gasteiger partial charge is 0.00240 e. The molecule has 0 aromatic heterocycles. The lowest BCUT2D eigenvalue weighted by Crippen LogP contribution is -1.95. The van der Waals surface area contributed by atoms with Gasteiger partial charge in [0.05, 0.1) is 0 Å². The highest BCUT2D eigenvalue weighted by Gasteiger charge is 2.16. The standard InChI is InChI=1S/C24H20.CH4/c1-17-18(2)23(19-11-5-3-6-12-19)24(20-13-7-4-8-14-20)22-16-10-9-15-21(17)22;/h3-16H,1-2H3;1H4. The van der Waals surface area contributed by atoms with Crippen molar-refractivity contribution in [2.75, 3.05) is 0 Å². The summed E-state index contributed by atoms with van der Waals surface area (Å²) in [6.45, 7) is 4.48. The first-order valence-electron chi connectivity index (χ1n) is 8.40. The van der Waals surface area contributed by atoms with Crippen LogP contribution >= 0.6 is 0 Å². The fraction of sp³-hybridized carbons (Fsp3) is 0.120. The van der Waals surface area contributed by atoms with Crippen LogP contribution in [0.5, 0.6) is 0 Å². The van der Waals surface area contributed by atoms with Crippen molar-refractivity contribution in [3.05, 3.63) is 96.1 Å². The van der Waals surface area contributed by atoms with Gasteiger partial charge < -0.3 is 0 Å². The lowest BCUT2D eigenvalue weighted by atomic mass is 9.84. The molecular formula is C25H24. The van der Waals surface area contributed by atoms with Crippen molar-refractivity contribution in [2.24, 2.45) is 0 Å². The van der Waals surface area contributed by atoms with Gasteiger partial charge in [-0.15, -0.1) is 0 Å². The first-order valence-corrected chi connectivity index (χ1v) is 8.40. The third-order valence-electron chi connectivity index (χ3n) is 4.91. The van der Waals surface area contributed by atoms with E-state index in [-0.39, 0.29) is 7.43 Å². The maximum Gasteiger partial charge on any atom is -0.00240 e. The second-order valence-electron chi connectivity index (χ2n) is 6.28. The van der Waals surface area contributed by atoms with Gasteiger partial charge in [0.15, 0.2) is 0 Å². The summed E-state index contributed by atoms with van der Waals surface area (Å²) in [6.07, 6.45) is 0. The average Bonchev–Trinajstić information content (AvgIpc) is 2.66. The second-order valence-corrected chi connectivity index (χ2v) is 6.28. The Morgan fingerprint density at radius 1 is 0.440 bits per heavy atom. The summed E-state index contributed by atoms with van der Waals surface area (Å²) in [6, 6.07) is 30.2. The molecule has 0 nitrogen and oxygen atoms in total. The Morgan fingerprint density at radius 2 is 0.880 bits per heavy atom. The summed E-state index contributed by atoms with van der Waals surface area (Å²) < 4.78 is 0. The molecule has 0 bridgehead atoms. The Bertz CT molecular complexity index is 996. The Balaban J connectivity index is 0.00000182. The molecule has 124 valence electrons. The molecule has 0 fully saturated rings. The van der Waals surface area contributed by atoms with Gasteiger partial charge in [0.1, 0.15) is 0 Å². The zero-order chi connectivity index (χ0) is 16.5. The van der Waals surface area contributed by atoms with E-state index in [2.05, 4.69) is 98.8 Å². The first kappa shape index (κ1) is 17.0. The van der Waals surface area contributed by atoms with Gasteiger partial charge in [0, 0.05) is 0 Å². The molecule has 0 spiro atoms. The normalized spacial score (nSPS) is 10.5. The summed E-state index contributed by atoms with van der Waals surface area (Å²) in [5, 5.41) is 2.67. The highest BCUT2D eigenvalue weighted by atomic mass is 14.2. The lowest BCUT2D eigenvalue weighted by molar-refractivity contribution is 1.37. The van der Waals surface area contributed by atoms with Crippen LogP contribution in [0.1, 0.15) is 18.6 Å². The number of hydrogen-bond acceptors (Lipinski definition) is 0. The van der Waals surface area contributed by atoms with Gasteiger partial charge in [-0.3, -0.25) is 0 Å². The van der Waals surface area contributed by atoms with E-state index in [1.54, 1.807) is 0 Å². The third-order valence-corrected chi connectivity index (χ3v) is 4.91. The van der Waals surface area contributed by atoms with E-state index >= 15 is 0 Å². The maximum absolute atomic E-state index is 2.25. The summed E-state index contributed by atoms with van der Waals surface area (Å²) in [4.78, 5) is 0. The molecule has 25 heavy (non-hydrogen) atoms. The van der Waals surface area contributed by atoms with Gasteiger partial charge in [0.2, 0.25) is 0 Å². The molecule has 0 aliphatic rings. The van der Waals surface area contributed by atoms with Crippen molar-refractivity contribution >= 4 is 10.8 Å². The van der Waals surface area contributed by atoms with Crippen molar-refractivity contribution in [2.45, 2.75) is 21.3 Å². The van der Waals surface area contributed by atoms with Crippen LogP contribution in [0.15, 0.2) is 84.9 Å². The summed E-state index contributed by atoms with van der Waals surface area (Å²) >= 11 is 0. The topological polar surface area (TPSA) is 0 Å². The molecule has 0 saturated carbocycles. The minimum absolute atomic E-state index is 0. The Labute approximate surface area is 150 Å². The number of rotatable bonds is 2. The Hall–Kier alpha value is -2.86. The van der Waals surface area contributed by atoms with Crippen LogP contribution in [-0.2, 0) is 0 Å². The molecule has 4 aromatic rings. The molecule has 0 heteroatoms. The summed E-state index contributed by atoms with van der Waals surface area (Å²) in [5.41, 5.74) is 7.96. The van der Waals surface area contributed by atoms with Gasteiger partial charge in [-0.05, 0) is 58.0 Å². The SMILES string of the molecule is C.Cc1c(-c2ccccc2)c(-c2ccccc2)c2ccccc2c1C. The third kappa shape index (κ3) is 2.85. The largest absolute Gasteiger partial charge is 0.0776 e. The Morgan fingerprint density at radius 3 is 1.44 bits per heavy atom. The van der Waals surface area contributed by atoms with E-state index in [9.17, 15) is 0 Å². The van der Waals surface area contributed by atoms with Gasteiger partial charge in [0.25, 0.3) is 0 Å². The van der Waals surface area contributed by atoms with Crippen molar-refractivity contribution in [3.63, 3.8) is 0 Å². The molecule has 0 aliphatic heterocycles. The fourth-order valence-electron chi connectivity index (χ4n) is 3.61. The monoisotopic (exact) mass is 324 g/mol. The minimum Gasteiger partial charge on any atom is -0.0776 e. The molecular weight excluding hydrogens is 300 g/mol. The highest BCUT2D eigenvalue weighted by Crippen LogP contribution is 2.42. The lowest BCUT2D eigenvalue weighted by Gasteiger charge is -2.20. The maximum atomic E-state index is 2.25. The Kier molecular flexibility index (Phi) is 4.72. The predicted molar refractivity (Wildman–Crippen MR) is 111 cm³/mol. The molecule has 0 amide bonds. The summed E-state index contributed by atoms with van der Waals surface area (Å²) in [7, 11) is 0. The van der Waals surface area contributed by atoms with E-state index in [1.807, 2.05) is 0 Å². The van der Waals surface area contributed by atoms with E-state index in [0.717, 1.165) is 0 Å². The van der Waals surface area contributed by atoms with Crippen LogP contribution < -0.4 is 0 Å². The molecule has 0 unspecified atom stereocenters. The molecule has 0 atom stereocenters. The van der Waals surface area contributed by atoms with Crippen molar-refractivity contribution in [3.8, 4) is 22.3 Å². The van der Waals surface area contributed by atoms with Crippen LogP contribution in [0, 0.1) is 13.8 Å². The van der Waals surface area contributed by atoms with E-state index in [4.69, 9.17) is 0 Å². The van der Waals surface area contributed by atoms with Crippen LogP contribution in [0.25, 0.3) is 33.0 Å². The molecule has 0 aliphatic carbocycles. The van der Waals surface area contributed by atoms with Gasteiger partial charge in [-0.2, -0.15) is 0 Å². The van der Waals surface area contributed by atoms with Crippen molar-refractivity contribution < 1.29 is 0 Å². The average molecular weight is 324 g/mol. The zero-order valence-corrected chi connectivity index (χ0v) is 14.1. The number of aryl methyl sites for hydroxylation is 1. The summed E-state index contributed by atoms with van der Waals surface area (Å²) in [5.74, 6) is 0. The van der Waals surface area contributed by atoms with E-state index in [1.165, 1.54) is 44.2 Å². The van der Waals surface area contributed by atoms with E-state index in [0.29, 0.717) is 0 Å². The molecule has 4 rings (SSSR count). The molecule has 0 N–H and O–H groups in total. The second kappa shape index (κ2) is 6.94. The van der Waals surface area contributed by atoms with Crippen molar-refractivity contribution in [1.29, 1.82) is 0 Å². The van der Waals surface area contributed by atoms with Gasteiger partial charge >= 0.3 is 0 Å². The molecule has 0 heterocycles. The predicted octanol–water partition coefficient (Wildman–Crippen LogP) is 7.43. The number of benzene rings is 4. The minimum atomic E-state index is 0.